The smallest absolute Gasteiger partial charge is 0.321 e. The maximum Gasteiger partial charge on any atom is 0.321 e. The van der Waals surface area contributed by atoms with Crippen LogP contribution in [0, 0.1) is 5.41 Å². The summed E-state index contributed by atoms with van der Waals surface area (Å²) in [6, 6.07) is 5.64. The molecule has 0 unspecified atom stereocenters. The van der Waals surface area contributed by atoms with Gasteiger partial charge in [-0.15, -0.1) is 12.4 Å². The molecule has 4 N–H and O–H groups in total. The van der Waals surface area contributed by atoms with Crippen LogP contribution in [0.2, 0.25) is 0 Å². The van der Waals surface area contributed by atoms with Gasteiger partial charge in [0.15, 0.2) is 0 Å². The minimum absolute atomic E-state index is 0. The van der Waals surface area contributed by atoms with E-state index in [0.717, 1.165) is 17.7 Å². The SMILES string of the molecule is CCNC(=O)N1CCc2ccc(NC(=O)C3(CN)CCOCC3)cc21.Cl. The quantitative estimate of drug-likeness (QED) is 0.740. The van der Waals surface area contributed by atoms with Crippen LogP contribution in [0.15, 0.2) is 18.2 Å². The summed E-state index contributed by atoms with van der Waals surface area (Å²) in [6.07, 6.45) is 2.08. The summed E-state index contributed by atoms with van der Waals surface area (Å²) in [6.45, 7) is 4.55. The Kier molecular flexibility index (Phi) is 6.86. The summed E-state index contributed by atoms with van der Waals surface area (Å²) in [7, 11) is 0. The van der Waals surface area contributed by atoms with Crippen molar-refractivity contribution in [3.05, 3.63) is 23.8 Å². The normalized spacial score (nSPS) is 17.8. The molecule has 1 saturated heterocycles. The van der Waals surface area contributed by atoms with Gasteiger partial charge in [-0.2, -0.15) is 0 Å². The Labute approximate surface area is 160 Å². The average molecular weight is 383 g/mol. The van der Waals surface area contributed by atoms with E-state index in [4.69, 9.17) is 10.5 Å². The van der Waals surface area contributed by atoms with E-state index in [1.165, 1.54) is 0 Å². The first kappa shape index (κ1) is 20.5. The topological polar surface area (TPSA) is 96.7 Å². The van der Waals surface area contributed by atoms with Crippen LogP contribution < -0.4 is 21.3 Å². The van der Waals surface area contributed by atoms with Crippen LogP contribution in [-0.4, -0.2) is 44.8 Å². The van der Waals surface area contributed by atoms with E-state index < -0.39 is 5.41 Å². The Balaban J connectivity index is 0.00000243. The predicted molar refractivity (Wildman–Crippen MR) is 104 cm³/mol. The second-order valence-electron chi connectivity index (χ2n) is 6.63. The summed E-state index contributed by atoms with van der Waals surface area (Å²) in [4.78, 5) is 26.7. The molecule has 3 rings (SSSR count). The minimum atomic E-state index is -0.573. The number of fused-ring (bicyclic) bond motifs is 1. The van der Waals surface area contributed by atoms with Gasteiger partial charge in [0.25, 0.3) is 0 Å². The molecule has 3 amide bonds. The summed E-state index contributed by atoms with van der Waals surface area (Å²) >= 11 is 0. The van der Waals surface area contributed by atoms with Gasteiger partial charge in [-0.3, -0.25) is 9.69 Å². The molecule has 0 saturated carbocycles. The summed E-state index contributed by atoms with van der Waals surface area (Å²) in [5, 5.41) is 5.82. The molecule has 2 aliphatic rings. The van der Waals surface area contributed by atoms with E-state index in [9.17, 15) is 9.59 Å². The standard InChI is InChI=1S/C18H26N4O3.ClH/c1-2-20-17(24)22-8-5-13-3-4-14(11-15(13)22)21-16(23)18(12-19)6-9-25-10-7-18;/h3-4,11H,2,5-10,12,19H2,1H3,(H,20,24)(H,21,23);1H. The van der Waals surface area contributed by atoms with E-state index in [1.807, 2.05) is 25.1 Å². The van der Waals surface area contributed by atoms with Crippen molar-refractivity contribution in [1.29, 1.82) is 0 Å². The van der Waals surface area contributed by atoms with Crippen molar-refractivity contribution in [1.82, 2.24) is 5.32 Å². The van der Waals surface area contributed by atoms with E-state index in [1.54, 1.807) is 4.90 Å². The van der Waals surface area contributed by atoms with Crippen molar-refractivity contribution in [2.24, 2.45) is 11.1 Å². The molecule has 2 heterocycles. The van der Waals surface area contributed by atoms with Crippen molar-refractivity contribution in [3.8, 4) is 0 Å². The monoisotopic (exact) mass is 382 g/mol. The van der Waals surface area contributed by atoms with E-state index >= 15 is 0 Å². The van der Waals surface area contributed by atoms with E-state index in [0.29, 0.717) is 51.4 Å². The summed E-state index contributed by atoms with van der Waals surface area (Å²) < 4.78 is 5.36. The van der Waals surface area contributed by atoms with Crippen LogP contribution >= 0.6 is 12.4 Å². The fourth-order valence-electron chi connectivity index (χ4n) is 3.46. The molecule has 0 bridgehead atoms. The second kappa shape index (κ2) is 8.70. The highest BCUT2D eigenvalue weighted by molar-refractivity contribution is 5.98. The molecule has 2 aliphatic heterocycles. The molecule has 1 aromatic rings. The lowest BCUT2D eigenvalue weighted by Crippen LogP contribution is -2.46. The van der Waals surface area contributed by atoms with E-state index in [2.05, 4.69) is 10.6 Å². The van der Waals surface area contributed by atoms with Crippen LogP contribution in [-0.2, 0) is 16.0 Å². The fraction of sp³-hybridized carbons (Fsp3) is 0.556. The fourth-order valence-corrected chi connectivity index (χ4v) is 3.46. The average Bonchev–Trinajstić information content (AvgIpc) is 3.05. The molecule has 0 spiro atoms. The van der Waals surface area contributed by atoms with Crippen LogP contribution in [0.1, 0.15) is 25.3 Å². The molecule has 0 atom stereocenters. The largest absolute Gasteiger partial charge is 0.381 e. The highest BCUT2D eigenvalue weighted by Gasteiger charge is 2.39. The Morgan fingerprint density at radius 2 is 2.04 bits per heavy atom. The lowest BCUT2D eigenvalue weighted by Gasteiger charge is -2.34. The molecule has 0 aromatic heterocycles. The number of carbonyl (C=O) groups excluding carboxylic acids is 2. The Hall–Kier alpha value is -1.83. The third-order valence-corrected chi connectivity index (χ3v) is 5.13. The number of nitrogens with one attached hydrogen (secondary N) is 2. The van der Waals surface area contributed by atoms with Gasteiger partial charge in [-0.25, -0.2) is 4.79 Å². The number of hydrogen-bond acceptors (Lipinski definition) is 4. The molecule has 144 valence electrons. The lowest BCUT2D eigenvalue weighted by atomic mass is 9.79. The number of benzene rings is 1. The number of urea groups is 1. The first-order valence-corrected chi connectivity index (χ1v) is 8.87. The van der Waals surface area contributed by atoms with Gasteiger partial charge in [0.05, 0.1) is 11.1 Å². The molecular weight excluding hydrogens is 356 g/mol. The van der Waals surface area contributed by atoms with Gasteiger partial charge >= 0.3 is 6.03 Å². The zero-order valence-corrected chi connectivity index (χ0v) is 15.9. The van der Waals surface area contributed by atoms with Crippen LogP contribution in [0.4, 0.5) is 16.2 Å². The van der Waals surface area contributed by atoms with Crippen LogP contribution in [0.5, 0.6) is 0 Å². The molecule has 0 radical (unpaired) electrons. The number of amides is 3. The maximum atomic E-state index is 12.8. The number of anilines is 2. The zero-order valence-electron chi connectivity index (χ0n) is 15.0. The molecule has 1 aromatic carbocycles. The third-order valence-electron chi connectivity index (χ3n) is 5.13. The van der Waals surface area contributed by atoms with Gasteiger partial charge in [-0.05, 0) is 43.9 Å². The van der Waals surface area contributed by atoms with Gasteiger partial charge in [0, 0.05) is 38.5 Å². The van der Waals surface area contributed by atoms with Crippen molar-refractivity contribution >= 4 is 35.7 Å². The highest BCUT2D eigenvalue weighted by Crippen LogP contribution is 2.34. The van der Waals surface area contributed by atoms with Crippen molar-refractivity contribution < 1.29 is 14.3 Å². The molecule has 0 aliphatic carbocycles. The highest BCUT2D eigenvalue weighted by atomic mass is 35.5. The molecular formula is C18H27ClN4O3. The van der Waals surface area contributed by atoms with Gasteiger partial charge in [-0.1, -0.05) is 6.07 Å². The number of nitrogens with two attached hydrogens (primary N) is 1. The Bertz CT molecular complexity index is 662. The summed E-state index contributed by atoms with van der Waals surface area (Å²) in [5.74, 6) is -0.0687. The van der Waals surface area contributed by atoms with Crippen molar-refractivity contribution in [3.63, 3.8) is 0 Å². The van der Waals surface area contributed by atoms with Crippen LogP contribution in [0.25, 0.3) is 0 Å². The van der Waals surface area contributed by atoms with Crippen molar-refractivity contribution in [2.75, 3.05) is 43.1 Å². The first-order chi connectivity index (χ1) is 12.1. The first-order valence-electron chi connectivity index (χ1n) is 8.87. The molecule has 1 fully saturated rings. The number of nitrogens with zero attached hydrogens (tertiary/aromatic N) is 1. The number of halogens is 1. The van der Waals surface area contributed by atoms with Gasteiger partial charge < -0.3 is 21.1 Å². The maximum absolute atomic E-state index is 12.8. The van der Waals surface area contributed by atoms with Gasteiger partial charge in [0.2, 0.25) is 5.91 Å². The van der Waals surface area contributed by atoms with Crippen molar-refractivity contribution in [2.45, 2.75) is 26.2 Å². The number of ether oxygens (including phenoxy) is 1. The third kappa shape index (κ3) is 3.95. The molecule has 7 nitrogen and oxygen atoms in total. The lowest BCUT2D eigenvalue weighted by molar-refractivity contribution is -0.130. The van der Waals surface area contributed by atoms with Gasteiger partial charge in [0.1, 0.15) is 0 Å². The Morgan fingerprint density at radius 3 is 2.69 bits per heavy atom. The molecule has 26 heavy (non-hydrogen) atoms. The Morgan fingerprint density at radius 1 is 1.31 bits per heavy atom. The molecule has 8 heteroatoms. The number of rotatable bonds is 4. The predicted octanol–water partition coefficient (Wildman–Crippen LogP) is 1.89. The number of hydrogen-bond donors (Lipinski definition) is 3. The van der Waals surface area contributed by atoms with E-state index in [-0.39, 0.29) is 24.3 Å². The minimum Gasteiger partial charge on any atom is -0.381 e. The summed E-state index contributed by atoms with van der Waals surface area (Å²) in [5.41, 5.74) is 7.99. The zero-order chi connectivity index (χ0) is 17.9. The number of carbonyl (C=O) groups is 2. The second-order valence-corrected chi connectivity index (χ2v) is 6.63. The van der Waals surface area contributed by atoms with Crippen LogP contribution in [0.3, 0.4) is 0 Å².